The van der Waals surface area contributed by atoms with E-state index >= 15 is 0 Å². The number of para-hydroxylation sites is 2. The first-order chi connectivity index (χ1) is 31.7. The summed E-state index contributed by atoms with van der Waals surface area (Å²) in [6.45, 7) is 27.6. The largest absolute Gasteiger partial charge is 0.496 e. The molecule has 3 aromatic heterocycles. The van der Waals surface area contributed by atoms with E-state index in [-0.39, 0.29) is 21.7 Å². The minimum absolute atomic E-state index is 0.00933. The Balaban J connectivity index is 1.14. The van der Waals surface area contributed by atoms with Crippen LogP contribution in [0.1, 0.15) is 105 Å². The van der Waals surface area contributed by atoms with Crippen LogP contribution in [0.2, 0.25) is 0 Å². The van der Waals surface area contributed by atoms with Gasteiger partial charge in [-0.25, -0.2) is 4.98 Å². The van der Waals surface area contributed by atoms with Gasteiger partial charge in [0.15, 0.2) is 0 Å². The van der Waals surface area contributed by atoms with Gasteiger partial charge in [-0.3, -0.25) is 4.98 Å². The van der Waals surface area contributed by atoms with Crippen LogP contribution < -0.4 is 4.74 Å². The Labute approximate surface area is 398 Å². The highest BCUT2D eigenvalue weighted by atomic mass is 16.5. The number of ether oxygens (including phenoxy) is 1. The molecule has 0 fully saturated rings. The fraction of sp³-hybridized carbons (Fsp3) is 0.270. The van der Waals surface area contributed by atoms with Crippen LogP contribution in [0.3, 0.4) is 0 Å². The molecule has 0 radical (unpaired) electrons. The number of aromatic nitrogens is 3. The maximum Gasteiger partial charge on any atom is 0.128 e. The molecule has 4 heteroatoms. The van der Waals surface area contributed by atoms with Gasteiger partial charge in [-0.2, -0.15) is 0 Å². The first-order valence-electron chi connectivity index (χ1n) is 23.7. The number of methoxy groups -OCH3 is 1. The molecule has 0 atom stereocenters. The molecule has 9 aromatic rings. The van der Waals surface area contributed by atoms with Gasteiger partial charge in [0.2, 0.25) is 0 Å². The molecule has 0 unspecified atom stereocenters. The molecule has 0 aliphatic carbocycles. The average Bonchev–Trinajstić information content (AvgIpc) is 3.64. The van der Waals surface area contributed by atoms with Gasteiger partial charge in [0.05, 0.1) is 35.2 Å². The predicted octanol–water partition coefficient (Wildman–Crippen LogP) is 17.1. The lowest BCUT2D eigenvalue weighted by atomic mass is 9.79. The van der Waals surface area contributed by atoms with Gasteiger partial charge in [0, 0.05) is 39.3 Å². The lowest BCUT2D eigenvalue weighted by Gasteiger charge is -2.26. The highest BCUT2D eigenvalue weighted by Crippen LogP contribution is 2.41. The number of pyridine rings is 2. The third-order valence-corrected chi connectivity index (χ3v) is 13.3. The summed E-state index contributed by atoms with van der Waals surface area (Å²) >= 11 is 0. The zero-order valence-corrected chi connectivity index (χ0v) is 41.8. The molecule has 0 amide bonds. The molecule has 3 heterocycles. The van der Waals surface area contributed by atoms with Crippen molar-refractivity contribution in [1.82, 2.24) is 14.5 Å². The Bertz CT molecular complexity index is 3260. The molecular weight excluding hydrogens is 815 g/mol. The lowest BCUT2D eigenvalue weighted by Crippen LogP contribution is -2.17. The standard InChI is InChI=1S/C63H65N3O/c1-60(2,3)46-30-44(31-47(36-46)61(4,5)6)45-34-55(65-56(35-45)52-22-15-17-24-59(52)67-13)43-20-18-19-42(29-43)54-33-41(27-28-64-54)40-25-26-58-53(32-40)51-21-14-16-23-57(51)66(58)50-38-48(62(7,8)9)37-49(39-50)63(10,11)12/h14-39H,1-13H3. The second kappa shape index (κ2) is 16.8. The predicted molar refractivity (Wildman–Crippen MR) is 285 cm³/mol. The van der Waals surface area contributed by atoms with Gasteiger partial charge < -0.3 is 9.30 Å². The third-order valence-electron chi connectivity index (χ3n) is 13.3. The van der Waals surface area contributed by atoms with Crippen molar-refractivity contribution in [3.05, 3.63) is 180 Å². The zero-order valence-electron chi connectivity index (χ0n) is 41.8. The summed E-state index contributed by atoms with van der Waals surface area (Å²) in [6.07, 6.45) is 1.94. The van der Waals surface area contributed by atoms with E-state index in [1.165, 1.54) is 55.3 Å². The Morgan fingerprint density at radius 1 is 0.388 bits per heavy atom. The molecular formula is C63H65N3O. The van der Waals surface area contributed by atoms with E-state index in [2.05, 4.69) is 221 Å². The van der Waals surface area contributed by atoms with E-state index in [0.29, 0.717) is 0 Å². The average molecular weight is 880 g/mol. The van der Waals surface area contributed by atoms with Gasteiger partial charge in [-0.1, -0.05) is 162 Å². The summed E-state index contributed by atoms with van der Waals surface area (Å²) in [6, 6.07) is 55.6. The van der Waals surface area contributed by atoms with Crippen molar-refractivity contribution in [2.75, 3.05) is 7.11 Å². The fourth-order valence-corrected chi connectivity index (χ4v) is 9.14. The number of benzene rings is 6. The zero-order chi connectivity index (χ0) is 47.6. The van der Waals surface area contributed by atoms with Gasteiger partial charge in [0.1, 0.15) is 5.75 Å². The van der Waals surface area contributed by atoms with Gasteiger partial charge in [0.25, 0.3) is 0 Å². The second-order valence-corrected chi connectivity index (χ2v) is 22.5. The SMILES string of the molecule is COc1ccccc1-c1cc(-c2cc(C(C)(C)C)cc(C(C)(C)C)c2)cc(-c2cccc(-c3cc(-c4ccc5c(c4)c4ccccc4n5-c4cc(C(C)(C)C)cc(C(C)(C)C)c4)ccn3)c2)n1. The Morgan fingerprint density at radius 3 is 1.55 bits per heavy atom. The Kier molecular flexibility index (Phi) is 11.4. The van der Waals surface area contributed by atoms with Crippen molar-refractivity contribution in [3.63, 3.8) is 0 Å². The molecule has 0 saturated carbocycles. The van der Waals surface area contributed by atoms with Crippen LogP contribution >= 0.6 is 0 Å². The number of rotatable bonds is 7. The summed E-state index contributed by atoms with van der Waals surface area (Å²) < 4.78 is 8.34. The van der Waals surface area contributed by atoms with Crippen molar-refractivity contribution in [1.29, 1.82) is 0 Å². The molecule has 0 aliphatic rings. The lowest BCUT2D eigenvalue weighted by molar-refractivity contribution is 0.416. The topological polar surface area (TPSA) is 39.9 Å². The van der Waals surface area contributed by atoms with E-state index < -0.39 is 0 Å². The molecule has 338 valence electrons. The van der Waals surface area contributed by atoms with Crippen LogP contribution in [0.15, 0.2) is 158 Å². The number of hydrogen-bond donors (Lipinski definition) is 0. The molecule has 67 heavy (non-hydrogen) atoms. The summed E-state index contributed by atoms with van der Waals surface area (Å²) in [4.78, 5) is 10.3. The minimum atomic E-state index is -0.0209. The van der Waals surface area contributed by atoms with Crippen molar-refractivity contribution >= 4 is 21.8 Å². The van der Waals surface area contributed by atoms with Crippen molar-refractivity contribution in [3.8, 4) is 67.5 Å². The summed E-state index contributed by atoms with van der Waals surface area (Å²) in [7, 11) is 1.72. The second-order valence-electron chi connectivity index (χ2n) is 22.5. The summed E-state index contributed by atoms with van der Waals surface area (Å²) in [5.41, 5.74) is 19.1. The number of nitrogens with zero attached hydrogens (tertiary/aromatic N) is 3. The maximum absolute atomic E-state index is 5.89. The first kappa shape index (κ1) is 45.4. The van der Waals surface area contributed by atoms with Crippen LogP contribution in [-0.2, 0) is 21.7 Å². The maximum atomic E-state index is 5.89. The molecule has 0 spiro atoms. The highest BCUT2D eigenvalue weighted by molar-refractivity contribution is 6.10. The van der Waals surface area contributed by atoms with Crippen LogP contribution in [0.5, 0.6) is 5.75 Å². The van der Waals surface area contributed by atoms with E-state index in [4.69, 9.17) is 14.7 Å². The van der Waals surface area contributed by atoms with Crippen LogP contribution in [0.4, 0.5) is 0 Å². The molecule has 6 aromatic carbocycles. The van der Waals surface area contributed by atoms with E-state index in [1.54, 1.807) is 7.11 Å². The number of hydrogen-bond acceptors (Lipinski definition) is 3. The van der Waals surface area contributed by atoms with E-state index in [9.17, 15) is 0 Å². The van der Waals surface area contributed by atoms with Crippen molar-refractivity contribution in [2.24, 2.45) is 0 Å². The molecule has 4 nitrogen and oxygen atoms in total. The van der Waals surface area contributed by atoms with Gasteiger partial charge >= 0.3 is 0 Å². The van der Waals surface area contributed by atoms with Crippen LogP contribution in [-0.4, -0.2) is 21.6 Å². The Hall–Kier alpha value is -6.78. The fourth-order valence-electron chi connectivity index (χ4n) is 9.14. The number of fused-ring (bicyclic) bond motifs is 3. The normalized spacial score (nSPS) is 12.6. The van der Waals surface area contributed by atoms with Gasteiger partial charge in [-0.05, 0) is 139 Å². The quantitative estimate of drug-likeness (QED) is 0.160. The molecule has 0 aliphatic heterocycles. The van der Waals surface area contributed by atoms with Crippen molar-refractivity contribution < 1.29 is 4.74 Å². The monoisotopic (exact) mass is 880 g/mol. The molecule has 0 saturated heterocycles. The van der Waals surface area contributed by atoms with Crippen LogP contribution in [0.25, 0.3) is 83.5 Å². The van der Waals surface area contributed by atoms with Crippen LogP contribution in [0, 0.1) is 0 Å². The molecule has 9 rings (SSSR count). The molecule has 0 N–H and O–H groups in total. The highest BCUT2D eigenvalue weighted by Gasteiger charge is 2.25. The third kappa shape index (κ3) is 9.07. The smallest absolute Gasteiger partial charge is 0.128 e. The van der Waals surface area contributed by atoms with Gasteiger partial charge in [-0.15, -0.1) is 0 Å². The van der Waals surface area contributed by atoms with E-state index in [1.807, 2.05) is 24.4 Å². The van der Waals surface area contributed by atoms with Crippen molar-refractivity contribution in [2.45, 2.75) is 105 Å². The summed E-state index contributed by atoms with van der Waals surface area (Å²) in [5, 5.41) is 2.47. The summed E-state index contributed by atoms with van der Waals surface area (Å²) in [5.74, 6) is 0.791. The van der Waals surface area contributed by atoms with E-state index in [0.717, 1.165) is 56.2 Å². The minimum Gasteiger partial charge on any atom is -0.496 e. The first-order valence-corrected chi connectivity index (χ1v) is 23.7. The Morgan fingerprint density at radius 2 is 0.910 bits per heavy atom. The molecule has 0 bridgehead atoms.